The Kier molecular flexibility index (Phi) is 5.93. The molecule has 0 aromatic rings. The minimum atomic E-state index is -3.68. The van der Waals surface area contributed by atoms with Crippen LogP contribution in [0.3, 0.4) is 0 Å². The Balaban J connectivity index is 2.71. The van der Waals surface area contributed by atoms with E-state index in [1.807, 2.05) is 0 Å². The van der Waals surface area contributed by atoms with Crippen molar-refractivity contribution in [3.05, 3.63) is 0 Å². The van der Waals surface area contributed by atoms with Crippen LogP contribution in [0.15, 0.2) is 0 Å². The van der Waals surface area contributed by atoms with Gasteiger partial charge in [-0.3, -0.25) is 4.79 Å². The molecule has 20 heavy (non-hydrogen) atoms. The fourth-order valence-corrected chi connectivity index (χ4v) is 3.39. The van der Waals surface area contributed by atoms with E-state index in [1.54, 1.807) is 20.8 Å². The number of hydrogen-bond acceptors (Lipinski definition) is 5. The van der Waals surface area contributed by atoms with Crippen LogP contribution >= 0.6 is 0 Å². The summed E-state index contributed by atoms with van der Waals surface area (Å²) in [7, 11) is -2.19. The molecule has 0 bridgehead atoms. The zero-order chi connectivity index (χ0) is 15.4. The van der Waals surface area contributed by atoms with Gasteiger partial charge in [0.15, 0.2) is 0 Å². The largest absolute Gasteiger partial charge is 0.459 e. The summed E-state index contributed by atoms with van der Waals surface area (Å²) in [5.74, 6) is -0.493. The molecule has 1 aliphatic rings. The van der Waals surface area contributed by atoms with Crippen LogP contribution < -0.4 is 4.72 Å². The van der Waals surface area contributed by atoms with Crippen LogP contribution in [0.4, 0.5) is 0 Å². The first-order valence-corrected chi connectivity index (χ1v) is 8.09. The van der Waals surface area contributed by atoms with Crippen LogP contribution in [0.25, 0.3) is 0 Å². The number of esters is 1. The third-order valence-corrected chi connectivity index (χ3v) is 4.41. The van der Waals surface area contributed by atoms with Crippen LogP contribution in [-0.4, -0.2) is 57.1 Å². The molecule has 1 fully saturated rings. The Morgan fingerprint density at radius 3 is 2.60 bits per heavy atom. The Morgan fingerprint density at radius 1 is 1.40 bits per heavy atom. The van der Waals surface area contributed by atoms with E-state index < -0.39 is 27.8 Å². The summed E-state index contributed by atoms with van der Waals surface area (Å²) in [5, 5.41) is 0. The van der Waals surface area contributed by atoms with E-state index in [9.17, 15) is 13.2 Å². The third kappa shape index (κ3) is 5.01. The maximum atomic E-state index is 12.1. The third-order valence-electron chi connectivity index (χ3n) is 2.78. The van der Waals surface area contributed by atoms with Crippen molar-refractivity contribution in [2.45, 2.75) is 45.3 Å². The molecule has 0 amide bonds. The van der Waals surface area contributed by atoms with Gasteiger partial charge in [-0.2, -0.15) is 17.4 Å². The number of rotatable bonds is 6. The van der Waals surface area contributed by atoms with Crippen LogP contribution in [0, 0.1) is 0 Å². The smallest absolute Gasteiger partial charge is 0.325 e. The minimum absolute atomic E-state index is 0.177. The van der Waals surface area contributed by atoms with Gasteiger partial charge in [-0.1, -0.05) is 0 Å². The summed E-state index contributed by atoms with van der Waals surface area (Å²) < 4.78 is 37.9. The maximum absolute atomic E-state index is 12.1. The summed E-state index contributed by atoms with van der Waals surface area (Å²) >= 11 is 0. The monoisotopic (exact) mass is 308 g/mol. The van der Waals surface area contributed by atoms with Crippen LogP contribution in [0.5, 0.6) is 0 Å². The molecule has 0 unspecified atom stereocenters. The van der Waals surface area contributed by atoms with Gasteiger partial charge < -0.3 is 9.47 Å². The van der Waals surface area contributed by atoms with Crippen molar-refractivity contribution < 1.29 is 22.7 Å². The van der Waals surface area contributed by atoms with Gasteiger partial charge in [-0.05, 0) is 33.6 Å². The summed E-state index contributed by atoms with van der Waals surface area (Å²) in [6, 6.07) is -0.741. The Bertz CT molecular complexity index is 430. The highest BCUT2D eigenvalue weighted by atomic mass is 32.2. The number of nitrogens with one attached hydrogen (secondary N) is 1. The van der Waals surface area contributed by atoms with Crippen molar-refractivity contribution in [3.63, 3.8) is 0 Å². The van der Waals surface area contributed by atoms with E-state index in [-0.39, 0.29) is 13.2 Å². The molecule has 118 valence electrons. The highest BCUT2D eigenvalue weighted by Crippen LogP contribution is 2.23. The van der Waals surface area contributed by atoms with Crippen molar-refractivity contribution in [3.8, 4) is 0 Å². The first-order chi connectivity index (χ1) is 9.17. The van der Waals surface area contributed by atoms with E-state index in [2.05, 4.69) is 4.72 Å². The normalized spacial score (nSPS) is 21.1. The second kappa shape index (κ2) is 6.84. The van der Waals surface area contributed by atoms with E-state index in [1.165, 1.54) is 11.4 Å². The van der Waals surface area contributed by atoms with Gasteiger partial charge in [-0.25, -0.2) is 0 Å². The predicted octanol–water partition coefficient (Wildman–Crippen LogP) is 0.273. The fraction of sp³-hybridized carbons (Fsp3) is 0.917. The molecular weight excluding hydrogens is 284 g/mol. The van der Waals surface area contributed by atoms with Crippen LogP contribution in [0.1, 0.15) is 33.6 Å². The minimum Gasteiger partial charge on any atom is -0.459 e. The zero-order valence-corrected chi connectivity index (χ0v) is 13.3. The van der Waals surface area contributed by atoms with E-state index >= 15 is 0 Å². The molecule has 0 aromatic carbocycles. The van der Waals surface area contributed by atoms with Gasteiger partial charge in [0.1, 0.15) is 11.6 Å². The molecule has 1 aliphatic heterocycles. The molecule has 1 heterocycles. The summed E-state index contributed by atoms with van der Waals surface area (Å²) in [6.07, 6.45) is 1.13. The first-order valence-electron chi connectivity index (χ1n) is 6.65. The van der Waals surface area contributed by atoms with E-state index in [4.69, 9.17) is 9.47 Å². The SMILES string of the molecule is COCCNS(=O)(=O)N1CCC[C@@H]1C(=O)OC(C)(C)C. The lowest BCUT2D eigenvalue weighted by molar-refractivity contribution is -0.158. The summed E-state index contributed by atoms with van der Waals surface area (Å²) in [5.41, 5.74) is -0.626. The second-order valence-corrected chi connectivity index (χ2v) is 7.40. The van der Waals surface area contributed by atoms with E-state index in [0.717, 1.165) is 0 Å². The predicted molar refractivity (Wildman–Crippen MR) is 74.4 cm³/mol. The van der Waals surface area contributed by atoms with Gasteiger partial charge in [-0.15, -0.1) is 0 Å². The lowest BCUT2D eigenvalue weighted by Crippen LogP contribution is -2.48. The summed E-state index contributed by atoms with van der Waals surface area (Å²) in [6.45, 7) is 6.06. The van der Waals surface area contributed by atoms with Crippen molar-refractivity contribution in [2.75, 3.05) is 26.8 Å². The van der Waals surface area contributed by atoms with Gasteiger partial charge in [0.25, 0.3) is 10.2 Å². The molecule has 8 heteroatoms. The molecule has 0 spiro atoms. The maximum Gasteiger partial charge on any atom is 0.325 e. The van der Waals surface area contributed by atoms with Crippen molar-refractivity contribution in [1.29, 1.82) is 0 Å². The number of methoxy groups -OCH3 is 1. The number of nitrogens with zero attached hydrogens (tertiary/aromatic N) is 1. The zero-order valence-electron chi connectivity index (χ0n) is 12.5. The van der Waals surface area contributed by atoms with Gasteiger partial charge in [0.2, 0.25) is 0 Å². The lowest BCUT2D eigenvalue weighted by Gasteiger charge is -2.26. The fourth-order valence-electron chi connectivity index (χ4n) is 1.99. The van der Waals surface area contributed by atoms with Gasteiger partial charge in [0.05, 0.1) is 6.61 Å². The molecule has 0 aromatic heterocycles. The highest BCUT2D eigenvalue weighted by Gasteiger charge is 2.40. The van der Waals surface area contributed by atoms with Crippen molar-refractivity contribution in [2.24, 2.45) is 0 Å². The van der Waals surface area contributed by atoms with E-state index in [0.29, 0.717) is 19.4 Å². The lowest BCUT2D eigenvalue weighted by atomic mass is 10.2. The molecule has 1 N–H and O–H groups in total. The second-order valence-electron chi connectivity index (χ2n) is 5.69. The average molecular weight is 308 g/mol. The van der Waals surface area contributed by atoms with Crippen LogP contribution in [-0.2, 0) is 24.5 Å². The Hall–Kier alpha value is -0.700. The van der Waals surface area contributed by atoms with Gasteiger partial charge in [0, 0.05) is 20.2 Å². The number of carbonyl (C=O) groups excluding carboxylic acids is 1. The molecule has 1 atom stereocenters. The number of hydrogen-bond donors (Lipinski definition) is 1. The quantitative estimate of drug-likeness (QED) is 0.562. The molecule has 1 rings (SSSR count). The summed E-state index contributed by atoms with van der Waals surface area (Å²) in [4.78, 5) is 12.1. The van der Waals surface area contributed by atoms with Crippen molar-refractivity contribution >= 4 is 16.2 Å². The topological polar surface area (TPSA) is 84.9 Å². The molecule has 7 nitrogen and oxygen atoms in total. The molecular formula is C12H24N2O5S. The Labute approximate surface area is 120 Å². The molecule has 0 aliphatic carbocycles. The standard InChI is InChI=1S/C12H24N2O5S/c1-12(2,3)19-11(15)10-6-5-8-14(10)20(16,17)13-7-9-18-4/h10,13H,5-9H2,1-4H3/t10-/m1/s1. The van der Waals surface area contributed by atoms with Crippen LogP contribution in [0.2, 0.25) is 0 Å². The highest BCUT2D eigenvalue weighted by molar-refractivity contribution is 7.87. The van der Waals surface area contributed by atoms with Gasteiger partial charge >= 0.3 is 5.97 Å². The molecule has 0 radical (unpaired) electrons. The Morgan fingerprint density at radius 2 is 2.05 bits per heavy atom. The first kappa shape index (κ1) is 17.4. The van der Waals surface area contributed by atoms with Crippen molar-refractivity contribution in [1.82, 2.24) is 9.03 Å². The number of ether oxygens (including phenoxy) is 2. The molecule has 0 saturated carbocycles. The molecule has 1 saturated heterocycles. The number of carbonyl (C=O) groups is 1. The average Bonchev–Trinajstić information content (AvgIpc) is 2.76.